The van der Waals surface area contributed by atoms with Gasteiger partial charge in [0.1, 0.15) is 0 Å². The molecule has 7 rings (SSSR count). The van der Waals surface area contributed by atoms with Crippen molar-refractivity contribution in [1.29, 1.82) is 0 Å². The van der Waals surface area contributed by atoms with Crippen molar-refractivity contribution in [3.05, 3.63) is 192 Å². The fraction of sp³-hybridized carbons (Fsp3) is 0.136. The van der Waals surface area contributed by atoms with Gasteiger partial charge in [-0.15, -0.1) is 0 Å². The monoisotopic (exact) mass is 622 g/mol. The van der Waals surface area contributed by atoms with Crippen LogP contribution >= 0.6 is 0 Å². The molecule has 0 saturated carbocycles. The van der Waals surface area contributed by atoms with Crippen molar-refractivity contribution in [2.75, 3.05) is 0 Å². The van der Waals surface area contributed by atoms with Gasteiger partial charge >= 0.3 is 0 Å². The minimum absolute atomic E-state index is 0.869. The van der Waals surface area contributed by atoms with E-state index in [0.29, 0.717) is 0 Å². The Balaban J connectivity index is 1.05. The van der Waals surface area contributed by atoms with E-state index < -0.39 is 0 Å². The highest BCUT2D eigenvalue weighted by Gasteiger charge is 2.08. The number of benzene rings is 3. The molecule has 7 aromatic rings. The predicted octanol–water partition coefficient (Wildman–Crippen LogP) is 9.62. The van der Waals surface area contributed by atoms with E-state index in [9.17, 15) is 0 Å². The van der Waals surface area contributed by atoms with E-state index in [2.05, 4.69) is 97.1 Å². The van der Waals surface area contributed by atoms with Gasteiger partial charge in [0.2, 0.25) is 0 Å². The van der Waals surface area contributed by atoms with Crippen LogP contribution in [0.4, 0.5) is 0 Å². The van der Waals surface area contributed by atoms with Gasteiger partial charge < -0.3 is 0 Å². The summed E-state index contributed by atoms with van der Waals surface area (Å²) in [6.07, 6.45) is 11.4. The second-order valence-electron chi connectivity index (χ2n) is 12.2. The van der Waals surface area contributed by atoms with Crippen LogP contribution in [-0.4, -0.2) is 19.9 Å². The fourth-order valence-electron chi connectivity index (χ4n) is 6.01. The zero-order chi connectivity index (χ0) is 32.4. The lowest BCUT2D eigenvalue weighted by atomic mass is 10.0. The maximum atomic E-state index is 5.14. The molecule has 0 radical (unpaired) electrons. The molecule has 0 bridgehead atoms. The Hall–Kier alpha value is -5.74. The van der Waals surface area contributed by atoms with Crippen LogP contribution < -0.4 is 0 Å². The first-order chi connectivity index (χ1) is 23.7. The summed E-state index contributed by atoms with van der Waals surface area (Å²) >= 11 is 0. The van der Waals surface area contributed by atoms with E-state index in [1.807, 2.05) is 61.1 Å². The third-order valence-corrected chi connectivity index (χ3v) is 8.72. The molecule has 0 saturated heterocycles. The van der Waals surface area contributed by atoms with Gasteiger partial charge in [0, 0.05) is 46.7 Å². The van der Waals surface area contributed by atoms with E-state index in [-0.39, 0.29) is 0 Å². The first kappa shape index (κ1) is 30.9. The minimum Gasteiger partial charge on any atom is -0.258 e. The number of hydrogen-bond donors (Lipinski definition) is 0. The van der Waals surface area contributed by atoms with Crippen LogP contribution in [0.15, 0.2) is 158 Å². The lowest BCUT2D eigenvalue weighted by Gasteiger charge is -2.11. The first-order valence-corrected chi connectivity index (χ1v) is 16.7. The maximum Gasteiger partial charge on any atom is 0.0702 e. The molecule has 48 heavy (non-hydrogen) atoms. The summed E-state index contributed by atoms with van der Waals surface area (Å²) in [5, 5.41) is 0. The molecule has 234 valence electrons. The van der Waals surface area contributed by atoms with Crippen molar-refractivity contribution in [3.8, 4) is 33.8 Å². The van der Waals surface area contributed by atoms with Gasteiger partial charge in [0.25, 0.3) is 0 Å². The summed E-state index contributed by atoms with van der Waals surface area (Å²) in [5.74, 6) is 0. The first-order valence-electron chi connectivity index (χ1n) is 16.7. The predicted molar refractivity (Wildman–Crippen MR) is 195 cm³/mol. The molecule has 0 unspecified atom stereocenters. The third-order valence-electron chi connectivity index (χ3n) is 8.72. The number of hydrogen-bond acceptors (Lipinski definition) is 4. The Bertz CT molecular complexity index is 1770. The molecule has 4 heterocycles. The summed E-state index contributed by atoms with van der Waals surface area (Å²) in [6.45, 7) is 0. The average molecular weight is 623 g/mol. The molecule has 0 N–H and O–H groups in total. The molecule has 0 spiro atoms. The summed E-state index contributed by atoms with van der Waals surface area (Å²) in [4.78, 5) is 19.4. The smallest absolute Gasteiger partial charge is 0.0702 e. The number of aryl methyl sites for hydroxylation is 6. The number of aromatic nitrogens is 4. The van der Waals surface area contributed by atoms with Crippen LogP contribution in [0.25, 0.3) is 33.8 Å². The van der Waals surface area contributed by atoms with E-state index in [1.165, 1.54) is 22.3 Å². The van der Waals surface area contributed by atoms with Crippen LogP contribution in [0, 0.1) is 0 Å². The molecule has 3 aromatic carbocycles. The van der Waals surface area contributed by atoms with Crippen LogP contribution in [-0.2, 0) is 38.5 Å². The Labute approximate surface area is 283 Å². The molecule has 0 aliphatic rings. The molecular formula is C44H38N4. The van der Waals surface area contributed by atoms with E-state index in [4.69, 9.17) is 19.9 Å². The number of rotatable bonds is 12. The number of pyridine rings is 4. The molecule has 4 heteroatoms. The third kappa shape index (κ3) is 8.15. The van der Waals surface area contributed by atoms with E-state index in [0.717, 1.165) is 83.7 Å². The van der Waals surface area contributed by atoms with Gasteiger partial charge in [0.15, 0.2) is 0 Å². The summed E-state index contributed by atoms with van der Waals surface area (Å²) in [6, 6.07) is 48.5. The van der Waals surface area contributed by atoms with Gasteiger partial charge in [-0.25, -0.2) is 0 Å². The second kappa shape index (κ2) is 15.2. The summed E-state index contributed by atoms with van der Waals surface area (Å²) < 4.78 is 0. The van der Waals surface area contributed by atoms with Crippen molar-refractivity contribution in [2.45, 2.75) is 38.5 Å². The van der Waals surface area contributed by atoms with Gasteiger partial charge in [-0.3, -0.25) is 19.9 Å². The van der Waals surface area contributed by atoms with E-state index in [1.54, 1.807) is 0 Å². The fourth-order valence-corrected chi connectivity index (χ4v) is 6.01. The Morgan fingerprint density at radius 2 is 0.646 bits per heavy atom. The normalized spacial score (nSPS) is 11.0. The van der Waals surface area contributed by atoms with Crippen molar-refractivity contribution in [3.63, 3.8) is 0 Å². The highest BCUT2D eigenvalue weighted by Crippen LogP contribution is 2.21. The maximum absolute atomic E-state index is 5.14. The topological polar surface area (TPSA) is 51.6 Å². The molecule has 0 aliphatic carbocycles. The largest absolute Gasteiger partial charge is 0.258 e. The zero-order valence-corrected chi connectivity index (χ0v) is 27.0. The Morgan fingerprint density at radius 3 is 0.979 bits per heavy atom. The molecule has 4 aromatic heterocycles. The van der Waals surface area contributed by atoms with Crippen LogP contribution in [0.2, 0.25) is 0 Å². The Kier molecular flexibility index (Phi) is 9.80. The van der Waals surface area contributed by atoms with E-state index >= 15 is 0 Å². The molecule has 0 amide bonds. The Morgan fingerprint density at radius 1 is 0.312 bits per heavy atom. The van der Waals surface area contributed by atoms with Crippen molar-refractivity contribution in [2.24, 2.45) is 0 Å². The van der Waals surface area contributed by atoms with Crippen molar-refractivity contribution in [1.82, 2.24) is 19.9 Å². The highest BCUT2D eigenvalue weighted by atomic mass is 14.7. The molecule has 0 fully saturated rings. The molecular weight excluding hydrogens is 585 g/mol. The van der Waals surface area contributed by atoms with Gasteiger partial charge in [-0.05, 0) is 91.1 Å². The van der Waals surface area contributed by atoms with Crippen LogP contribution in [0.1, 0.15) is 33.6 Å². The zero-order valence-electron chi connectivity index (χ0n) is 27.0. The van der Waals surface area contributed by atoms with Gasteiger partial charge in [-0.1, -0.05) is 109 Å². The highest BCUT2D eigenvalue weighted by molar-refractivity contribution is 5.60. The lowest BCUT2D eigenvalue weighted by molar-refractivity contribution is 0.836. The van der Waals surface area contributed by atoms with Crippen molar-refractivity contribution >= 4 is 0 Å². The molecule has 0 atom stereocenters. The van der Waals surface area contributed by atoms with Gasteiger partial charge in [-0.2, -0.15) is 0 Å². The van der Waals surface area contributed by atoms with Gasteiger partial charge in [0.05, 0.1) is 17.1 Å². The lowest BCUT2D eigenvalue weighted by Crippen LogP contribution is -2.04. The standard InChI is InChI=1S/C44H38N4/c1-4-10-37(11-5-1)42-25-20-33(30-45-42)16-17-36-28-40(23-18-34-21-26-43(46-31-34)38-12-6-2-7-13-38)48-41(29-36)24-19-35-22-27-44(47-32-35)39-14-8-3-9-15-39/h1-15,20-22,25-32H,16-19,23-24H2. The molecule has 0 aliphatic heterocycles. The van der Waals surface area contributed by atoms with Crippen molar-refractivity contribution < 1.29 is 0 Å². The quantitative estimate of drug-likeness (QED) is 0.136. The van der Waals surface area contributed by atoms with Crippen LogP contribution in [0.3, 0.4) is 0 Å². The average Bonchev–Trinajstić information content (AvgIpc) is 3.17. The summed E-state index contributed by atoms with van der Waals surface area (Å²) in [5.41, 5.74) is 13.7. The minimum atomic E-state index is 0.869. The molecule has 4 nitrogen and oxygen atoms in total. The SMILES string of the molecule is c1ccc(-c2ccc(CCc3cc(CCc4ccc(-c5ccccc5)nc4)nc(CCc4ccc(-c5ccccc5)nc4)c3)cn2)cc1. The second-order valence-corrected chi connectivity index (χ2v) is 12.2. The number of nitrogens with zero attached hydrogens (tertiary/aromatic N) is 4. The van der Waals surface area contributed by atoms with Crippen LogP contribution in [0.5, 0.6) is 0 Å². The summed E-state index contributed by atoms with van der Waals surface area (Å²) in [7, 11) is 0.